The third-order valence-corrected chi connectivity index (χ3v) is 10.2. The summed E-state index contributed by atoms with van der Waals surface area (Å²) in [6, 6.07) is 41.1. The van der Waals surface area contributed by atoms with E-state index in [2.05, 4.69) is 125 Å². The van der Waals surface area contributed by atoms with Crippen molar-refractivity contribution in [3.8, 4) is 17.3 Å². The number of anilines is 4. The minimum atomic E-state index is -0.234. The molecule has 2 aromatic heterocycles. The molecule has 1 aliphatic carbocycles. The Morgan fingerprint density at radius 2 is 1.43 bits per heavy atom. The zero-order chi connectivity index (χ0) is 33.1. The highest BCUT2D eigenvalue weighted by Gasteiger charge is 2.29. The highest BCUT2D eigenvalue weighted by atomic mass is 19.1. The van der Waals surface area contributed by atoms with E-state index in [-0.39, 0.29) is 5.82 Å². The zero-order valence-electron chi connectivity index (χ0n) is 27.7. The van der Waals surface area contributed by atoms with Crippen molar-refractivity contribution < 1.29 is 9.13 Å². The molecule has 0 spiro atoms. The minimum absolute atomic E-state index is 0.234. The first kappa shape index (κ1) is 29.5. The third-order valence-electron chi connectivity index (χ3n) is 10.2. The number of pyridine rings is 1. The molecule has 7 aromatic rings. The van der Waals surface area contributed by atoms with E-state index in [0.29, 0.717) is 18.5 Å². The second kappa shape index (κ2) is 11.8. The molecule has 0 saturated heterocycles. The fourth-order valence-electron chi connectivity index (χ4n) is 7.39. The predicted molar refractivity (Wildman–Crippen MR) is 198 cm³/mol. The van der Waals surface area contributed by atoms with Crippen LogP contribution in [0, 0.1) is 5.82 Å². The summed E-state index contributed by atoms with van der Waals surface area (Å²) in [6.07, 6.45) is 5.54. The van der Waals surface area contributed by atoms with E-state index in [9.17, 15) is 4.39 Å². The molecule has 2 aliphatic rings. The molecule has 49 heavy (non-hydrogen) atoms. The van der Waals surface area contributed by atoms with Gasteiger partial charge in [-0.3, -0.25) is 4.57 Å². The van der Waals surface area contributed by atoms with Gasteiger partial charge in [0.15, 0.2) is 0 Å². The lowest BCUT2D eigenvalue weighted by molar-refractivity contribution is 0.416. The number of para-hydroxylation sites is 3. The summed E-state index contributed by atoms with van der Waals surface area (Å²) in [6.45, 7) is 5.04. The Labute approximate surface area is 285 Å². The summed E-state index contributed by atoms with van der Waals surface area (Å²) >= 11 is 0. The van der Waals surface area contributed by atoms with Gasteiger partial charge in [-0.15, -0.1) is 0 Å². The maximum Gasteiger partial charge on any atom is 0.137 e. The average Bonchev–Trinajstić information content (AvgIpc) is 3.64. The van der Waals surface area contributed by atoms with Crippen molar-refractivity contribution in [3.63, 3.8) is 0 Å². The van der Waals surface area contributed by atoms with Crippen molar-refractivity contribution in [2.75, 3.05) is 16.5 Å². The third kappa shape index (κ3) is 5.19. The molecule has 0 unspecified atom stereocenters. The number of ether oxygens (including phenoxy) is 1. The molecule has 0 atom stereocenters. The Morgan fingerprint density at radius 1 is 0.694 bits per heavy atom. The Hall–Kier alpha value is -5.62. The van der Waals surface area contributed by atoms with Crippen LogP contribution in [0.15, 0.2) is 128 Å². The summed E-state index contributed by atoms with van der Waals surface area (Å²) in [7, 11) is 0. The number of rotatable bonds is 7. The second-order valence-corrected chi connectivity index (χ2v) is 13.6. The van der Waals surface area contributed by atoms with Crippen molar-refractivity contribution in [1.82, 2.24) is 9.55 Å². The standard InChI is InChI=1S/C43H37FN4O/c1-28(2)30-20-21-45-43(24-30)48-39-11-4-3-10-37(39)38-19-18-35(26-42(38)48)49-36-23-31(29-8-7-9-29)22-34(25-36)47-27-46(33-16-14-32(44)15-17-33)40-12-5-6-13-41(40)47/h3-6,10-26,28-29H,7-9,27H2,1-2H3. The van der Waals surface area contributed by atoms with Gasteiger partial charge < -0.3 is 14.5 Å². The molecule has 0 bridgehead atoms. The van der Waals surface area contributed by atoms with Gasteiger partial charge >= 0.3 is 0 Å². The smallest absolute Gasteiger partial charge is 0.137 e. The molecular weight excluding hydrogens is 607 g/mol. The lowest BCUT2D eigenvalue weighted by Gasteiger charge is -2.28. The van der Waals surface area contributed by atoms with Crippen LogP contribution in [-0.2, 0) is 0 Å². The maximum atomic E-state index is 13.8. The van der Waals surface area contributed by atoms with Crippen LogP contribution in [-0.4, -0.2) is 16.2 Å². The second-order valence-electron chi connectivity index (χ2n) is 13.6. The quantitative estimate of drug-likeness (QED) is 0.173. The van der Waals surface area contributed by atoms with Gasteiger partial charge in [-0.2, -0.15) is 0 Å². The largest absolute Gasteiger partial charge is 0.457 e. The summed E-state index contributed by atoms with van der Waals surface area (Å²) in [5.74, 6) is 3.19. The molecule has 1 fully saturated rings. The van der Waals surface area contributed by atoms with Gasteiger partial charge in [0.25, 0.3) is 0 Å². The van der Waals surface area contributed by atoms with E-state index in [1.807, 2.05) is 18.3 Å². The van der Waals surface area contributed by atoms with E-state index in [4.69, 9.17) is 9.72 Å². The number of hydrogen-bond donors (Lipinski definition) is 0. The van der Waals surface area contributed by atoms with Crippen molar-refractivity contribution in [2.45, 2.75) is 44.9 Å². The molecule has 1 aliphatic heterocycles. The Morgan fingerprint density at radius 3 is 2.18 bits per heavy atom. The SMILES string of the molecule is CC(C)c1ccnc(-n2c3ccccc3c3ccc(Oc4cc(C5CCC5)cc(N5CN(c6ccc(F)cc6)c6ccccc65)c4)cc32)c1. The Balaban J connectivity index is 1.13. The molecule has 0 radical (unpaired) electrons. The zero-order valence-corrected chi connectivity index (χ0v) is 27.7. The van der Waals surface area contributed by atoms with Crippen molar-refractivity contribution >= 4 is 44.6 Å². The number of halogens is 1. The molecule has 0 N–H and O–H groups in total. The molecule has 242 valence electrons. The minimum Gasteiger partial charge on any atom is -0.457 e. The van der Waals surface area contributed by atoms with E-state index >= 15 is 0 Å². The Kier molecular flexibility index (Phi) is 7.11. The predicted octanol–water partition coefficient (Wildman–Crippen LogP) is 11.7. The van der Waals surface area contributed by atoms with Crippen LogP contribution in [0.2, 0.25) is 0 Å². The number of hydrogen-bond acceptors (Lipinski definition) is 4. The molecule has 6 heteroatoms. The van der Waals surface area contributed by atoms with Gasteiger partial charge in [0, 0.05) is 40.5 Å². The summed E-state index contributed by atoms with van der Waals surface area (Å²) in [5.41, 5.74) is 9.00. The molecule has 3 heterocycles. The molecule has 9 rings (SSSR count). The first-order valence-electron chi connectivity index (χ1n) is 17.2. The van der Waals surface area contributed by atoms with Crippen LogP contribution in [0.1, 0.15) is 56.1 Å². The fraction of sp³-hybridized carbons (Fsp3) is 0.186. The lowest BCUT2D eigenvalue weighted by atomic mass is 9.80. The summed E-state index contributed by atoms with van der Waals surface area (Å²) in [4.78, 5) is 9.40. The van der Waals surface area contributed by atoms with Crippen LogP contribution in [0.3, 0.4) is 0 Å². The number of benzene rings is 5. The summed E-state index contributed by atoms with van der Waals surface area (Å²) < 4.78 is 22.9. The fourth-order valence-corrected chi connectivity index (χ4v) is 7.39. The normalized spacial score (nSPS) is 14.5. The maximum absolute atomic E-state index is 13.8. The van der Waals surface area contributed by atoms with Gasteiger partial charge in [-0.25, -0.2) is 9.37 Å². The molecule has 1 saturated carbocycles. The van der Waals surface area contributed by atoms with Crippen LogP contribution in [0.4, 0.5) is 27.1 Å². The topological polar surface area (TPSA) is 33.5 Å². The number of aromatic nitrogens is 2. The first-order valence-corrected chi connectivity index (χ1v) is 17.2. The number of fused-ring (bicyclic) bond motifs is 4. The van der Waals surface area contributed by atoms with Crippen LogP contribution >= 0.6 is 0 Å². The molecule has 5 aromatic carbocycles. The van der Waals surface area contributed by atoms with Crippen molar-refractivity contribution in [3.05, 3.63) is 144 Å². The van der Waals surface area contributed by atoms with Crippen molar-refractivity contribution in [1.29, 1.82) is 0 Å². The monoisotopic (exact) mass is 644 g/mol. The average molecular weight is 645 g/mol. The van der Waals surface area contributed by atoms with E-state index in [0.717, 1.165) is 56.5 Å². The van der Waals surface area contributed by atoms with Gasteiger partial charge in [-0.05, 0) is 115 Å². The highest BCUT2D eigenvalue weighted by molar-refractivity contribution is 6.09. The van der Waals surface area contributed by atoms with Gasteiger partial charge in [0.1, 0.15) is 29.8 Å². The highest BCUT2D eigenvalue weighted by Crippen LogP contribution is 2.47. The van der Waals surface area contributed by atoms with Gasteiger partial charge in [-0.1, -0.05) is 50.6 Å². The Bertz CT molecular complexity index is 2340. The van der Waals surface area contributed by atoms with Gasteiger partial charge in [0.2, 0.25) is 0 Å². The molecule has 0 amide bonds. The van der Waals surface area contributed by atoms with Crippen LogP contribution in [0.5, 0.6) is 11.5 Å². The van der Waals surface area contributed by atoms with E-state index < -0.39 is 0 Å². The van der Waals surface area contributed by atoms with Crippen LogP contribution in [0.25, 0.3) is 27.6 Å². The number of nitrogens with zero attached hydrogens (tertiary/aromatic N) is 4. The van der Waals surface area contributed by atoms with Gasteiger partial charge in [0.05, 0.1) is 22.4 Å². The first-order chi connectivity index (χ1) is 24.0. The van der Waals surface area contributed by atoms with E-state index in [1.54, 1.807) is 0 Å². The lowest BCUT2D eigenvalue weighted by Crippen LogP contribution is -2.24. The van der Waals surface area contributed by atoms with Crippen LogP contribution < -0.4 is 14.5 Å². The van der Waals surface area contributed by atoms with Crippen molar-refractivity contribution in [2.24, 2.45) is 0 Å². The molecule has 5 nitrogen and oxygen atoms in total. The summed E-state index contributed by atoms with van der Waals surface area (Å²) in [5, 5.41) is 2.35. The molecular formula is C43H37FN4O. The van der Waals surface area contributed by atoms with E-state index in [1.165, 1.54) is 47.9 Å².